The number of aromatic nitrogens is 1. The van der Waals surface area contributed by atoms with Crippen LogP contribution in [0.25, 0.3) is 11.3 Å². The molecule has 0 spiro atoms. The van der Waals surface area contributed by atoms with E-state index in [0.717, 1.165) is 21.2 Å². The van der Waals surface area contributed by atoms with Crippen molar-refractivity contribution in [3.63, 3.8) is 0 Å². The van der Waals surface area contributed by atoms with Gasteiger partial charge < -0.3 is 0 Å². The summed E-state index contributed by atoms with van der Waals surface area (Å²) in [5.74, 6) is 0.0227. The van der Waals surface area contributed by atoms with Gasteiger partial charge >= 0.3 is 0 Å². The van der Waals surface area contributed by atoms with Crippen molar-refractivity contribution in [3.05, 3.63) is 69.5 Å². The fourth-order valence-electron chi connectivity index (χ4n) is 1.99. The van der Waals surface area contributed by atoms with Gasteiger partial charge in [0.1, 0.15) is 0 Å². The first-order valence-electron chi connectivity index (χ1n) is 7.52. The molecule has 1 heterocycles. The molecule has 3 rings (SSSR count). The lowest BCUT2D eigenvalue weighted by atomic mass is 10.2. The van der Waals surface area contributed by atoms with Gasteiger partial charge in [0.15, 0.2) is 4.34 Å². The summed E-state index contributed by atoms with van der Waals surface area (Å²) in [6, 6.07) is 14.8. The number of rotatable bonds is 6. The average Bonchev–Trinajstić information content (AvgIpc) is 3.11. The van der Waals surface area contributed by atoms with Gasteiger partial charge in [0.2, 0.25) is 0 Å². The fourth-order valence-corrected chi connectivity index (χ4v) is 3.93. The van der Waals surface area contributed by atoms with Crippen LogP contribution >= 0.6 is 46.3 Å². The van der Waals surface area contributed by atoms with Crippen LogP contribution in [-0.2, 0) is 4.79 Å². The molecule has 26 heavy (non-hydrogen) atoms. The minimum atomic E-state index is -0.207. The van der Waals surface area contributed by atoms with Gasteiger partial charge in [-0.15, -0.1) is 11.3 Å². The number of thioether (sulfide) groups is 1. The number of nitrogens with zero attached hydrogens (tertiary/aromatic N) is 2. The molecule has 132 valence electrons. The van der Waals surface area contributed by atoms with E-state index < -0.39 is 0 Å². The normalized spacial score (nSPS) is 11.0. The minimum Gasteiger partial charge on any atom is -0.272 e. The van der Waals surface area contributed by atoms with Crippen molar-refractivity contribution in [2.24, 2.45) is 5.10 Å². The van der Waals surface area contributed by atoms with E-state index in [9.17, 15) is 4.79 Å². The predicted molar refractivity (Wildman–Crippen MR) is 110 cm³/mol. The molecule has 0 unspecified atom stereocenters. The van der Waals surface area contributed by atoms with Gasteiger partial charge in [0, 0.05) is 26.6 Å². The molecular weight excluding hydrogens is 409 g/mol. The molecule has 3 aromatic rings. The van der Waals surface area contributed by atoms with Crippen molar-refractivity contribution in [2.75, 3.05) is 5.75 Å². The second kappa shape index (κ2) is 9.19. The Bertz CT molecular complexity index is 926. The number of benzene rings is 2. The molecule has 2 aromatic carbocycles. The quantitative estimate of drug-likeness (QED) is 0.331. The van der Waals surface area contributed by atoms with Gasteiger partial charge in [-0.25, -0.2) is 10.4 Å². The number of halogens is 2. The van der Waals surface area contributed by atoms with Gasteiger partial charge in [-0.05, 0) is 18.2 Å². The molecule has 1 aromatic heterocycles. The molecule has 8 heteroatoms. The van der Waals surface area contributed by atoms with E-state index >= 15 is 0 Å². The maximum Gasteiger partial charge on any atom is 0.250 e. The second-order valence-electron chi connectivity index (χ2n) is 5.11. The van der Waals surface area contributed by atoms with Crippen LogP contribution in [0.15, 0.2) is 63.4 Å². The summed E-state index contributed by atoms with van der Waals surface area (Å²) >= 11 is 14.8. The third-order valence-corrected chi connectivity index (χ3v) is 5.87. The summed E-state index contributed by atoms with van der Waals surface area (Å²) in [6.45, 7) is 0. The Morgan fingerprint density at radius 1 is 1.19 bits per heavy atom. The number of carbonyl (C=O) groups is 1. The third kappa shape index (κ3) is 5.32. The molecule has 0 fully saturated rings. The van der Waals surface area contributed by atoms with Gasteiger partial charge in [-0.2, -0.15) is 5.10 Å². The summed E-state index contributed by atoms with van der Waals surface area (Å²) in [6.07, 6.45) is 1.52. The van der Waals surface area contributed by atoms with E-state index in [0.29, 0.717) is 10.0 Å². The zero-order valence-electron chi connectivity index (χ0n) is 13.4. The fraction of sp³-hybridized carbons (Fsp3) is 0.0556. The SMILES string of the molecule is O=C(CSc1nc(-c2ccc(Cl)cc2)cs1)N/N=C\c1ccccc1Cl. The van der Waals surface area contributed by atoms with E-state index in [1.165, 1.54) is 29.3 Å². The minimum absolute atomic E-state index is 0.207. The number of hydrogen-bond acceptors (Lipinski definition) is 5. The van der Waals surface area contributed by atoms with Crippen molar-refractivity contribution in [2.45, 2.75) is 4.34 Å². The molecule has 0 saturated carbocycles. The molecule has 0 aliphatic heterocycles. The highest BCUT2D eigenvalue weighted by atomic mass is 35.5. The van der Waals surface area contributed by atoms with Gasteiger partial charge in [0.05, 0.1) is 17.7 Å². The van der Waals surface area contributed by atoms with E-state index in [4.69, 9.17) is 23.2 Å². The Morgan fingerprint density at radius 2 is 1.96 bits per heavy atom. The van der Waals surface area contributed by atoms with Crippen molar-refractivity contribution in [1.29, 1.82) is 0 Å². The zero-order chi connectivity index (χ0) is 18.4. The molecular formula is C18H13Cl2N3OS2. The van der Waals surface area contributed by atoms with E-state index in [1.54, 1.807) is 6.07 Å². The molecule has 0 bridgehead atoms. The Kier molecular flexibility index (Phi) is 6.68. The highest BCUT2D eigenvalue weighted by Gasteiger charge is 2.08. The Balaban J connectivity index is 1.50. The lowest BCUT2D eigenvalue weighted by Crippen LogP contribution is -2.19. The first kappa shape index (κ1) is 18.9. The maximum absolute atomic E-state index is 11.9. The first-order chi connectivity index (χ1) is 12.6. The largest absolute Gasteiger partial charge is 0.272 e. The summed E-state index contributed by atoms with van der Waals surface area (Å²) in [5.41, 5.74) is 5.09. The first-order valence-corrected chi connectivity index (χ1v) is 10.1. The summed E-state index contributed by atoms with van der Waals surface area (Å²) in [5, 5.41) is 7.15. The third-order valence-electron chi connectivity index (χ3n) is 3.25. The maximum atomic E-state index is 11.9. The van der Waals surface area contributed by atoms with Crippen LogP contribution in [0.5, 0.6) is 0 Å². The van der Waals surface area contributed by atoms with Crippen molar-refractivity contribution in [1.82, 2.24) is 10.4 Å². The zero-order valence-corrected chi connectivity index (χ0v) is 16.5. The summed E-state index contributed by atoms with van der Waals surface area (Å²) in [7, 11) is 0. The Morgan fingerprint density at radius 3 is 2.73 bits per heavy atom. The molecule has 0 radical (unpaired) electrons. The Hall–Kier alpha value is -1.86. The summed E-state index contributed by atoms with van der Waals surface area (Å²) < 4.78 is 0.820. The van der Waals surface area contributed by atoms with Crippen LogP contribution < -0.4 is 5.43 Å². The number of hydrazone groups is 1. The van der Waals surface area contributed by atoms with Crippen molar-refractivity contribution < 1.29 is 4.79 Å². The topological polar surface area (TPSA) is 54.4 Å². The molecule has 4 nitrogen and oxygen atoms in total. The van der Waals surface area contributed by atoms with E-state index in [2.05, 4.69) is 15.5 Å². The molecule has 0 aliphatic carbocycles. The standard InChI is InChI=1S/C18H13Cl2N3OS2/c19-14-7-5-12(6-8-14)16-10-25-18(22-16)26-11-17(24)23-21-9-13-3-1-2-4-15(13)20/h1-10H,11H2,(H,23,24)/b21-9-. The smallest absolute Gasteiger partial charge is 0.250 e. The molecule has 0 saturated heterocycles. The van der Waals surface area contributed by atoms with Gasteiger partial charge in [-0.1, -0.05) is 65.3 Å². The van der Waals surface area contributed by atoms with E-state index in [-0.39, 0.29) is 11.7 Å². The van der Waals surface area contributed by atoms with Gasteiger partial charge in [-0.3, -0.25) is 4.79 Å². The van der Waals surface area contributed by atoms with Crippen molar-refractivity contribution in [3.8, 4) is 11.3 Å². The molecule has 0 atom stereocenters. The lowest BCUT2D eigenvalue weighted by molar-refractivity contribution is -0.118. The predicted octanol–water partition coefficient (Wildman–Crippen LogP) is 5.36. The summed E-state index contributed by atoms with van der Waals surface area (Å²) in [4.78, 5) is 16.4. The lowest BCUT2D eigenvalue weighted by Gasteiger charge is -1.99. The van der Waals surface area contributed by atoms with Crippen LogP contribution in [0.3, 0.4) is 0 Å². The molecule has 1 N–H and O–H groups in total. The van der Waals surface area contributed by atoms with Gasteiger partial charge in [0.25, 0.3) is 5.91 Å². The van der Waals surface area contributed by atoms with Crippen LogP contribution in [-0.4, -0.2) is 22.9 Å². The Labute approximate surface area is 169 Å². The van der Waals surface area contributed by atoms with Crippen LogP contribution in [0.4, 0.5) is 0 Å². The highest BCUT2D eigenvalue weighted by Crippen LogP contribution is 2.28. The highest BCUT2D eigenvalue weighted by molar-refractivity contribution is 8.01. The van der Waals surface area contributed by atoms with Crippen LogP contribution in [0, 0.1) is 0 Å². The number of hydrogen-bond donors (Lipinski definition) is 1. The van der Waals surface area contributed by atoms with Crippen LogP contribution in [0.1, 0.15) is 5.56 Å². The monoisotopic (exact) mass is 421 g/mol. The van der Waals surface area contributed by atoms with Crippen molar-refractivity contribution >= 4 is 58.4 Å². The number of nitrogens with one attached hydrogen (secondary N) is 1. The average molecular weight is 422 g/mol. The molecule has 1 amide bonds. The number of carbonyl (C=O) groups excluding carboxylic acids is 1. The molecule has 0 aliphatic rings. The number of thiazole rings is 1. The van der Waals surface area contributed by atoms with E-state index in [1.807, 2.05) is 47.8 Å². The number of amides is 1. The second-order valence-corrected chi connectivity index (χ2v) is 8.03. The van der Waals surface area contributed by atoms with Crippen LogP contribution in [0.2, 0.25) is 10.0 Å².